The molecule has 5 atom stereocenters. The van der Waals surface area contributed by atoms with Gasteiger partial charge in [0.2, 0.25) is 5.91 Å². The number of alkyl halides is 1. The second-order valence-corrected chi connectivity index (χ2v) is 9.63. The molecule has 1 aliphatic heterocycles. The number of unbranched alkanes of at least 4 members (excludes halogenated alkanes) is 1. The third-order valence-electron chi connectivity index (χ3n) is 5.63. The SMILES string of the molecule is C=C.CC.CO.C[C@@H]1C[C@H](N(C)CCCCC(=O)N[C@H](CF)Cc2ccc(S(C)=O)cc2)CC(OF)O1. The Morgan fingerprint density at radius 2 is 1.84 bits per heavy atom. The average Bonchev–Trinajstić information content (AvgIpc) is 2.93. The molecule has 1 saturated heterocycles. The van der Waals surface area contributed by atoms with Gasteiger partial charge in [0.15, 0.2) is 6.29 Å². The van der Waals surface area contributed by atoms with Crippen molar-refractivity contribution in [1.29, 1.82) is 0 Å². The highest BCUT2D eigenvalue weighted by molar-refractivity contribution is 7.84. The van der Waals surface area contributed by atoms with E-state index in [2.05, 4.69) is 28.3 Å². The number of hydrogen-bond acceptors (Lipinski definition) is 6. The molecule has 1 aliphatic rings. The van der Waals surface area contributed by atoms with E-state index in [-0.39, 0.29) is 18.1 Å². The summed E-state index contributed by atoms with van der Waals surface area (Å²) < 4.78 is 42.7. The van der Waals surface area contributed by atoms with Crippen LogP contribution in [0.2, 0.25) is 0 Å². The first-order chi connectivity index (χ1) is 17.8. The van der Waals surface area contributed by atoms with E-state index >= 15 is 0 Å². The fourth-order valence-corrected chi connectivity index (χ4v) is 4.38. The van der Waals surface area contributed by atoms with Crippen LogP contribution >= 0.6 is 0 Å². The molecule has 37 heavy (non-hydrogen) atoms. The van der Waals surface area contributed by atoms with Gasteiger partial charge in [-0.15, -0.1) is 13.2 Å². The van der Waals surface area contributed by atoms with Gasteiger partial charge in [-0.05, 0) is 68.4 Å². The number of benzene rings is 1. The van der Waals surface area contributed by atoms with Crippen molar-refractivity contribution in [3.8, 4) is 0 Å². The Kier molecular flexibility index (Phi) is 23.7. The zero-order valence-corrected chi connectivity index (χ0v) is 24.2. The number of amides is 1. The number of hydrogen-bond donors (Lipinski definition) is 2. The molecule has 1 fully saturated rings. The van der Waals surface area contributed by atoms with Crippen molar-refractivity contribution in [2.45, 2.75) is 88.7 Å². The van der Waals surface area contributed by atoms with E-state index < -0.39 is 29.8 Å². The van der Waals surface area contributed by atoms with Crippen LogP contribution in [-0.4, -0.2) is 78.2 Å². The molecular weight excluding hydrogens is 502 g/mol. The number of rotatable bonds is 12. The Bertz CT molecular complexity index is 727. The summed E-state index contributed by atoms with van der Waals surface area (Å²) in [6, 6.07) is 6.76. The molecule has 2 N–H and O–H groups in total. The van der Waals surface area contributed by atoms with Crippen molar-refractivity contribution in [3.63, 3.8) is 0 Å². The van der Waals surface area contributed by atoms with Crippen LogP contribution in [0.25, 0.3) is 0 Å². The van der Waals surface area contributed by atoms with E-state index in [1.54, 1.807) is 18.4 Å². The second-order valence-electron chi connectivity index (χ2n) is 8.25. The fraction of sp³-hybridized carbons (Fsp3) is 0.667. The lowest BCUT2D eigenvalue weighted by Gasteiger charge is -2.36. The Balaban J connectivity index is 0. The highest BCUT2D eigenvalue weighted by Gasteiger charge is 2.30. The summed E-state index contributed by atoms with van der Waals surface area (Å²) in [4.78, 5) is 18.9. The first-order valence-corrected chi connectivity index (χ1v) is 14.2. The van der Waals surface area contributed by atoms with Crippen molar-refractivity contribution < 1.29 is 32.7 Å². The molecule has 0 aromatic heterocycles. The highest BCUT2D eigenvalue weighted by Crippen LogP contribution is 2.24. The van der Waals surface area contributed by atoms with Crippen molar-refractivity contribution >= 4 is 16.7 Å². The molecule has 2 rings (SSSR count). The molecule has 0 radical (unpaired) electrons. The predicted molar refractivity (Wildman–Crippen MR) is 147 cm³/mol. The van der Waals surface area contributed by atoms with Crippen molar-refractivity contribution in [1.82, 2.24) is 10.2 Å². The van der Waals surface area contributed by atoms with Gasteiger partial charge in [0, 0.05) is 47.9 Å². The molecule has 0 saturated carbocycles. The number of nitrogens with zero attached hydrogens (tertiary/aromatic N) is 1. The summed E-state index contributed by atoms with van der Waals surface area (Å²) >= 11 is 0. The van der Waals surface area contributed by atoms with Crippen LogP contribution in [0, 0.1) is 0 Å². The van der Waals surface area contributed by atoms with E-state index in [1.165, 1.54) is 0 Å². The van der Waals surface area contributed by atoms with Gasteiger partial charge in [-0.2, -0.15) is 4.94 Å². The maximum absolute atomic E-state index is 13.4. The molecule has 2 unspecified atom stereocenters. The summed E-state index contributed by atoms with van der Waals surface area (Å²) in [5, 5.41) is 9.76. The van der Waals surface area contributed by atoms with E-state index in [0.29, 0.717) is 25.7 Å². The van der Waals surface area contributed by atoms with E-state index in [1.807, 2.05) is 40.0 Å². The maximum Gasteiger partial charge on any atom is 0.220 e. The lowest BCUT2D eigenvalue weighted by Crippen LogP contribution is -2.43. The number of halogens is 2. The van der Waals surface area contributed by atoms with Gasteiger partial charge in [0.05, 0.1) is 12.1 Å². The van der Waals surface area contributed by atoms with Gasteiger partial charge in [-0.25, -0.2) is 4.39 Å². The van der Waals surface area contributed by atoms with Gasteiger partial charge < -0.3 is 20.1 Å². The quantitative estimate of drug-likeness (QED) is 0.288. The van der Waals surface area contributed by atoms with Crippen LogP contribution < -0.4 is 5.32 Å². The Morgan fingerprint density at radius 1 is 1.24 bits per heavy atom. The van der Waals surface area contributed by atoms with E-state index in [0.717, 1.165) is 37.0 Å². The molecule has 1 aromatic carbocycles. The molecule has 10 heteroatoms. The summed E-state index contributed by atoms with van der Waals surface area (Å²) in [7, 11) is 1.93. The van der Waals surface area contributed by atoms with Crippen molar-refractivity contribution in [3.05, 3.63) is 43.0 Å². The largest absolute Gasteiger partial charge is 0.400 e. The minimum Gasteiger partial charge on any atom is -0.400 e. The molecule has 7 nitrogen and oxygen atoms in total. The molecule has 1 amide bonds. The van der Waals surface area contributed by atoms with Crippen LogP contribution in [0.15, 0.2) is 42.3 Å². The smallest absolute Gasteiger partial charge is 0.220 e. The molecule has 216 valence electrons. The summed E-state index contributed by atoms with van der Waals surface area (Å²) in [6.07, 6.45) is 4.23. The van der Waals surface area contributed by atoms with Crippen LogP contribution in [0.3, 0.4) is 0 Å². The number of nitrogens with one attached hydrogen (secondary N) is 1. The first kappa shape index (κ1) is 37.4. The normalized spacial score (nSPS) is 20.1. The van der Waals surface area contributed by atoms with Gasteiger partial charge in [0.25, 0.3) is 0 Å². The molecule has 1 aromatic rings. The lowest BCUT2D eigenvalue weighted by molar-refractivity contribution is -0.304. The fourth-order valence-electron chi connectivity index (χ4n) is 3.86. The zero-order valence-electron chi connectivity index (χ0n) is 23.4. The number of aliphatic hydroxyl groups excluding tert-OH is 1. The van der Waals surface area contributed by atoms with Crippen LogP contribution in [0.1, 0.15) is 58.4 Å². The predicted octanol–water partition coefficient (Wildman–Crippen LogP) is 4.75. The first-order valence-electron chi connectivity index (χ1n) is 12.7. The van der Waals surface area contributed by atoms with Gasteiger partial charge in [0.1, 0.15) is 6.67 Å². The molecule has 1 heterocycles. The van der Waals surface area contributed by atoms with Crippen molar-refractivity contribution in [2.24, 2.45) is 0 Å². The number of ether oxygens (including phenoxy) is 1. The number of carbonyl (C=O) groups is 1. The van der Waals surface area contributed by atoms with Crippen LogP contribution in [-0.2, 0) is 31.7 Å². The Morgan fingerprint density at radius 3 is 2.35 bits per heavy atom. The highest BCUT2D eigenvalue weighted by atomic mass is 32.2. The standard InChI is InChI=1S/C22H34F2N2O4S.C2H6.C2H4.CH4O/c1-16-12-19(14-22(29-16)30-24)26(2)11-5-4-6-21(27)25-18(15-23)13-17-7-9-20(10-8-17)31(3)28;3*1-2/h7-10,16,18-19,22H,4-6,11-15H2,1-3H3,(H,25,27);1-2H3;1-2H2;2H,1H3/t16-,18+,19+,22?,31?;;;/m1.../s1. The van der Waals surface area contributed by atoms with Crippen molar-refractivity contribution in [2.75, 3.05) is 33.6 Å². The topological polar surface area (TPSA) is 88.1 Å². The zero-order chi connectivity index (χ0) is 28.8. The monoisotopic (exact) mass is 550 g/mol. The maximum atomic E-state index is 13.4. The summed E-state index contributed by atoms with van der Waals surface area (Å²) in [5.74, 6) is -0.165. The molecule has 0 aliphatic carbocycles. The molecular formula is C27H48F2N2O5S. The number of aliphatic hydroxyl groups is 1. The lowest BCUT2D eigenvalue weighted by atomic mass is 10.0. The van der Waals surface area contributed by atoms with Crippen LogP contribution in [0.4, 0.5) is 8.92 Å². The number of carbonyl (C=O) groups excluding carboxylic acids is 1. The summed E-state index contributed by atoms with van der Waals surface area (Å²) in [6.45, 7) is 12.0. The Hall–Kier alpha value is -1.72. The van der Waals surface area contributed by atoms with Gasteiger partial charge >= 0.3 is 0 Å². The second kappa shape index (κ2) is 23.4. The minimum absolute atomic E-state index is 0.0642. The van der Waals surface area contributed by atoms with Crippen LogP contribution in [0.5, 0.6) is 0 Å². The third kappa shape index (κ3) is 16.0. The Labute approximate surface area is 225 Å². The van der Waals surface area contributed by atoms with E-state index in [9.17, 15) is 17.9 Å². The third-order valence-corrected chi connectivity index (χ3v) is 6.56. The van der Waals surface area contributed by atoms with E-state index in [4.69, 9.17) is 9.84 Å². The van der Waals surface area contributed by atoms with Gasteiger partial charge in [-0.3, -0.25) is 9.00 Å². The molecule has 0 spiro atoms. The van der Waals surface area contributed by atoms with Gasteiger partial charge in [-0.1, -0.05) is 26.0 Å². The minimum atomic E-state index is -1.05. The average molecular weight is 551 g/mol. The molecule has 0 bridgehead atoms. The summed E-state index contributed by atoms with van der Waals surface area (Å²) in [5.41, 5.74) is 0.889.